The molecule has 6 nitrogen and oxygen atoms in total. The molecule has 0 saturated carbocycles. The summed E-state index contributed by atoms with van der Waals surface area (Å²) in [7, 11) is 3.51. The average Bonchev–Trinajstić information content (AvgIpc) is 2.93. The van der Waals surface area contributed by atoms with Crippen LogP contribution in [0.5, 0.6) is 0 Å². The molecule has 1 aromatic heterocycles. The van der Waals surface area contributed by atoms with Crippen LogP contribution in [0.2, 0.25) is 0 Å². The summed E-state index contributed by atoms with van der Waals surface area (Å²) < 4.78 is 7.35. The summed E-state index contributed by atoms with van der Waals surface area (Å²) in [6, 6.07) is 8.26. The molecule has 1 unspecified atom stereocenters. The maximum absolute atomic E-state index is 12.2. The van der Waals surface area contributed by atoms with E-state index in [4.69, 9.17) is 4.74 Å². The summed E-state index contributed by atoms with van der Waals surface area (Å²) in [5, 5.41) is 7.63. The van der Waals surface area contributed by atoms with Crippen molar-refractivity contribution in [1.82, 2.24) is 19.9 Å². The molecule has 0 saturated heterocycles. The van der Waals surface area contributed by atoms with Gasteiger partial charge in [0.15, 0.2) is 5.69 Å². The smallest absolute Gasteiger partial charge is 0.275 e. The zero-order valence-electron chi connectivity index (χ0n) is 12.2. The van der Waals surface area contributed by atoms with Gasteiger partial charge in [0.05, 0.1) is 18.9 Å². The number of hydrogen-bond acceptors (Lipinski definition) is 4. The van der Waals surface area contributed by atoms with Crippen LogP contribution in [0.15, 0.2) is 30.5 Å². The van der Waals surface area contributed by atoms with Crippen LogP contribution in [0.1, 0.15) is 21.6 Å². The molecule has 0 bridgehead atoms. The van der Waals surface area contributed by atoms with Crippen LogP contribution >= 0.6 is 0 Å². The number of aryl methyl sites for hydroxylation is 1. The summed E-state index contributed by atoms with van der Waals surface area (Å²) in [6.07, 6.45) is 2.47. The Bertz CT molecular complexity index is 653. The Balaban J connectivity index is 1.63. The van der Waals surface area contributed by atoms with Crippen LogP contribution in [-0.2, 0) is 24.8 Å². The number of likely N-dealkylation sites (N-methyl/N-ethyl adjacent to an activating group) is 1. The summed E-state index contributed by atoms with van der Waals surface area (Å²) in [4.78, 5) is 13.9. The van der Waals surface area contributed by atoms with Crippen molar-refractivity contribution in [3.05, 3.63) is 47.3 Å². The molecular weight excluding hydrogens is 268 g/mol. The Labute approximate surface area is 123 Å². The zero-order valence-corrected chi connectivity index (χ0v) is 12.2. The Kier molecular flexibility index (Phi) is 3.70. The molecule has 1 amide bonds. The van der Waals surface area contributed by atoms with Crippen molar-refractivity contribution >= 4 is 5.91 Å². The topological polar surface area (TPSA) is 60.2 Å². The molecule has 0 fully saturated rings. The lowest BCUT2D eigenvalue weighted by molar-refractivity contribution is 0.00972. The Hall–Kier alpha value is -2.21. The number of hydrogen-bond donors (Lipinski definition) is 0. The Morgan fingerprint density at radius 1 is 1.43 bits per heavy atom. The van der Waals surface area contributed by atoms with E-state index in [-0.39, 0.29) is 12.0 Å². The number of fused-ring (bicyclic) bond motifs is 1. The van der Waals surface area contributed by atoms with Gasteiger partial charge in [-0.1, -0.05) is 29.5 Å². The standard InChI is InChI=1S/C15H18N4O2/c1-18(15(20)14-9-19(2)17-16-14)8-13-7-11-5-3-4-6-12(11)10-21-13/h3-6,9,13H,7-8,10H2,1-2H3. The van der Waals surface area contributed by atoms with Gasteiger partial charge >= 0.3 is 0 Å². The maximum Gasteiger partial charge on any atom is 0.275 e. The number of amides is 1. The minimum atomic E-state index is -0.134. The van der Waals surface area contributed by atoms with Crippen molar-refractivity contribution in [2.24, 2.45) is 7.05 Å². The molecule has 110 valence electrons. The second kappa shape index (κ2) is 5.65. The summed E-state index contributed by atoms with van der Waals surface area (Å²) in [5.74, 6) is -0.134. The molecule has 21 heavy (non-hydrogen) atoms. The van der Waals surface area contributed by atoms with E-state index < -0.39 is 0 Å². The number of aromatic nitrogens is 3. The first kappa shape index (κ1) is 13.8. The number of rotatable bonds is 3. The first-order chi connectivity index (χ1) is 10.1. The normalized spacial score (nSPS) is 17.3. The van der Waals surface area contributed by atoms with Crippen LogP contribution in [-0.4, -0.2) is 45.5 Å². The fourth-order valence-corrected chi connectivity index (χ4v) is 2.56. The first-order valence-electron chi connectivity index (χ1n) is 6.93. The molecule has 6 heteroatoms. The number of carbonyl (C=O) groups excluding carboxylic acids is 1. The summed E-state index contributed by atoms with van der Waals surface area (Å²) in [5.41, 5.74) is 2.89. The van der Waals surface area contributed by atoms with Gasteiger partial charge in [0.2, 0.25) is 0 Å². The van der Waals surface area contributed by atoms with Crippen LogP contribution < -0.4 is 0 Å². The molecule has 1 aliphatic heterocycles. The van der Waals surface area contributed by atoms with Gasteiger partial charge in [0.1, 0.15) is 0 Å². The quantitative estimate of drug-likeness (QED) is 0.845. The fraction of sp³-hybridized carbons (Fsp3) is 0.400. The number of nitrogens with zero attached hydrogens (tertiary/aromatic N) is 4. The number of benzene rings is 1. The molecule has 2 aromatic rings. The van der Waals surface area contributed by atoms with E-state index in [1.165, 1.54) is 15.8 Å². The molecule has 2 heterocycles. The van der Waals surface area contributed by atoms with Gasteiger partial charge in [-0.15, -0.1) is 5.10 Å². The third-order valence-electron chi connectivity index (χ3n) is 3.69. The third kappa shape index (κ3) is 2.95. The van der Waals surface area contributed by atoms with Crippen molar-refractivity contribution in [1.29, 1.82) is 0 Å². The van der Waals surface area contributed by atoms with Crippen LogP contribution in [0.4, 0.5) is 0 Å². The largest absolute Gasteiger partial charge is 0.371 e. The van der Waals surface area contributed by atoms with Gasteiger partial charge in [0.25, 0.3) is 5.91 Å². The van der Waals surface area contributed by atoms with Gasteiger partial charge in [-0.05, 0) is 11.1 Å². The van der Waals surface area contributed by atoms with E-state index >= 15 is 0 Å². The molecular formula is C15H18N4O2. The monoisotopic (exact) mass is 286 g/mol. The van der Waals surface area contributed by atoms with E-state index in [1.807, 2.05) is 12.1 Å². The fourth-order valence-electron chi connectivity index (χ4n) is 2.56. The van der Waals surface area contributed by atoms with E-state index in [0.717, 1.165) is 6.42 Å². The van der Waals surface area contributed by atoms with Crippen molar-refractivity contribution in [2.45, 2.75) is 19.1 Å². The van der Waals surface area contributed by atoms with Crippen molar-refractivity contribution < 1.29 is 9.53 Å². The van der Waals surface area contributed by atoms with Gasteiger partial charge < -0.3 is 9.64 Å². The molecule has 0 aliphatic carbocycles. The van der Waals surface area contributed by atoms with Crippen molar-refractivity contribution in [3.8, 4) is 0 Å². The maximum atomic E-state index is 12.2. The van der Waals surface area contributed by atoms with Gasteiger partial charge in [-0.2, -0.15) is 0 Å². The van der Waals surface area contributed by atoms with Crippen LogP contribution in [0.25, 0.3) is 0 Å². The Morgan fingerprint density at radius 3 is 2.90 bits per heavy atom. The molecule has 0 spiro atoms. The molecule has 0 radical (unpaired) electrons. The molecule has 1 atom stereocenters. The van der Waals surface area contributed by atoms with E-state index in [1.54, 1.807) is 25.2 Å². The van der Waals surface area contributed by atoms with Crippen molar-refractivity contribution in [3.63, 3.8) is 0 Å². The van der Waals surface area contributed by atoms with Crippen LogP contribution in [0, 0.1) is 0 Å². The predicted octanol–water partition coefficient (Wildman–Crippen LogP) is 1.03. The molecule has 1 aromatic carbocycles. The number of carbonyl (C=O) groups is 1. The lowest BCUT2D eigenvalue weighted by Crippen LogP contribution is -2.38. The Morgan fingerprint density at radius 2 is 2.19 bits per heavy atom. The second-order valence-electron chi connectivity index (χ2n) is 5.37. The van der Waals surface area contributed by atoms with Gasteiger partial charge in [-0.3, -0.25) is 9.48 Å². The van der Waals surface area contributed by atoms with Crippen molar-refractivity contribution in [2.75, 3.05) is 13.6 Å². The summed E-state index contributed by atoms with van der Waals surface area (Å²) >= 11 is 0. The van der Waals surface area contributed by atoms with E-state index in [2.05, 4.69) is 22.4 Å². The zero-order chi connectivity index (χ0) is 14.8. The lowest BCUT2D eigenvalue weighted by Gasteiger charge is -2.28. The highest BCUT2D eigenvalue weighted by molar-refractivity contribution is 5.91. The third-order valence-corrected chi connectivity index (χ3v) is 3.69. The van der Waals surface area contributed by atoms with E-state index in [9.17, 15) is 4.79 Å². The highest BCUT2D eigenvalue weighted by Crippen LogP contribution is 2.20. The lowest BCUT2D eigenvalue weighted by atomic mass is 9.99. The van der Waals surface area contributed by atoms with Crippen LogP contribution in [0.3, 0.4) is 0 Å². The van der Waals surface area contributed by atoms with Gasteiger partial charge in [0, 0.05) is 27.1 Å². The first-order valence-corrected chi connectivity index (χ1v) is 6.93. The second-order valence-corrected chi connectivity index (χ2v) is 5.37. The SMILES string of the molecule is CN(CC1Cc2ccccc2CO1)C(=O)c1cn(C)nn1. The molecule has 3 rings (SSSR count). The van der Waals surface area contributed by atoms with Gasteiger partial charge in [-0.25, -0.2) is 0 Å². The molecule has 0 N–H and O–H groups in total. The minimum Gasteiger partial charge on any atom is -0.371 e. The minimum absolute atomic E-state index is 0.0190. The predicted molar refractivity (Wildman–Crippen MR) is 76.7 cm³/mol. The summed E-state index contributed by atoms with van der Waals surface area (Å²) in [6.45, 7) is 1.15. The molecule has 1 aliphatic rings. The highest BCUT2D eigenvalue weighted by atomic mass is 16.5. The van der Waals surface area contributed by atoms with E-state index in [0.29, 0.717) is 18.8 Å². The number of ether oxygens (including phenoxy) is 1. The average molecular weight is 286 g/mol. The highest BCUT2D eigenvalue weighted by Gasteiger charge is 2.23.